The van der Waals surface area contributed by atoms with Gasteiger partial charge in [0.05, 0.1) is 26.2 Å². The van der Waals surface area contributed by atoms with E-state index >= 15 is 0 Å². The molecular formula is C28H32N2O4S. The minimum absolute atomic E-state index is 0.0120. The van der Waals surface area contributed by atoms with E-state index in [1.165, 1.54) is 0 Å². The average Bonchev–Trinajstić information content (AvgIpc) is 3.39. The van der Waals surface area contributed by atoms with E-state index in [-0.39, 0.29) is 23.8 Å². The number of amides is 2. The monoisotopic (exact) mass is 492 g/mol. The Morgan fingerprint density at radius 1 is 1.06 bits per heavy atom. The average molecular weight is 493 g/mol. The normalized spacial score (nSPS) is 17.3. The maximum atomic E-state index is 13.7. The summed E-state index contributed by atoms with van der Waals surface area (Å²) in [4.78, 5) is 30.2. The van der Waals surface area contributed by atoms with E-state index in [1.807, 2.05) is 64.9 Å². The summed E-state index contributed by atoms with van der Waals surface area (Å²) in [6.45, 7) is 5.25. The largest absolute Gasteiger partial charge is 0.493 e. The van der Waals surface area contributed by atoms with E-state index in [0.29, 0.717) is 36.6 Å². The number of hydrogen-bond acceptors (Lipinski definition) is 5. The first-order chi connectivity index (χ1) is 16.9. The third kappa shape index (κ3) is 5.20. The standard InChI is InChI=1S/C28H32N2O4S/c1-18(2)17-30-26(24-10-7-15-35-24)25(20-8-5-6-9-21(20)28(30)32)27(31)29-14-13-19-11-12-22(33-3)23(16-19)34-4/h5-12,15-16,18,25-26H,13-14,17H2,1-4H3,(H,29,31)/t25-,26+/m0/s1. The van der Waals surface area contributed by atoms with E-state index in [2.05, 4.69) is 19.2 Å². The maximum absolute atomic E-state index is 13.7. The number of fused-ring (bicyclic) bond motifs is 1. The van der Waals surface area contributed by atoms with Crippen molar-refractivity contribution in [3.8, 4) is 11.5 Å². The van der Waals surface area contributed by atoms with Gasteiger partial charge in [-0.1, -0.05) is 44.2 Å². The van der Waals surface area contributed by atoms with Crippen LogP contribution in [0.5, 0.6) is 11.5 Å². The Labute approximate surface area is 210 Å². The fourth-order valence-electron chi connectivity index (χ4n) is 4.72. The number of carbonyl (C=O) groups excluding carboxylic acids is 2. The van der Waals surface area contributed by atoms with Gasteiger partial charge in [0.1, 0.15) is 0 Å². The Hall–Kier alpha value is -3.32. The van der Waals surface area contributed by atoms with E-state index in [0.717, 1.165) is 16.0 Å². The van der Waals surface area contributed by atoms with Crippen molar-refractivity contribution in [3.05, 3.63) is 81.5 Å². The van der Waals surface area contributed by atoms with Crippen LogP contribution in [0, 0.1) is 5.92 Å². The van der Waals surface area contributed by atoms with Crippen LogP contribution >= 0.6 is 11.3 Å². The lowest BCUT2D eigenvalue weighted by atomic mass is 9.81. The predicted molar refractivity (Wildman–Crippen MR) is 138 cm³/mol. The number of nitrogens with one attached hydrogen (secondary N) is 1. The first kappa shape index (κ1) is 24.8. The topological polar surface area (TPSA) is 67.9 Å². The molecule has 0 saturated carbocycles. The molecule has 4 rings (SSSR count). The molecule has 0 spiro atoms. The lowest BCUT2D eigenvalue weighted by Gasteiger charge is -2.42. The smallest absolute Gasteiger partial charge is 0.254 e. The molecule has 3 aromatic rings. The van der Waals surface area contributed by atoms with E-state index in [1.54, 1.807) is 25.6 Å². The molecule has 1 aliphatic heterocycles. The molecule has 7 heteroatoms. The third-order valence-corrected chi connectivity index (χ3v) is 7.22. The number of thiophene rings is 1. The molecule has 1 aromatic heterocycles. The molecule has 6 nitrogen and oxygen atoms in total. The molecule has 0 aliphatic carbocycles. The lowest BCUT2D eigenvalue weighted by molar-refractivity contribution is -0.124. The van der Waals surface area contributed by atoms with Crippen LogP contribution < -0.4 is 14.8 Å². The zero-order valence-electron chi connectivity index (χ0n) is 20.6. The second kappa shape index (κ2) is 11.0. The zero-order chi connectivity index (χ0) is 24.9. The molecule has 2 heterocycles. The van der Waals surface area contributed by atoms with Crippen LogP contribution in [0.15, 0.2) is 60.0 Å². The highest BCUT2D eigenvalue weighted by Gasteiger charge is 2.44. The SMILES string of the molecule is COc1ccc(CCNC(=O)[C@H]2c3ccccc3C(=O)N(CC(C)C)[C@@H]2c2cccs2)cc1OC. The van der Waals surface area contributed by atoms with Gasteiger partial charge in [0.15, 0.2) is 11.5 Å². The molecule has 0 saturated heterocycles. The molecule has 1 aliphatic rings. The summed E-state index contributed by atoms with van der Waals surface area (Å²) >= 11 is 1.59. The van der Waals surface area contributed by atoms with Gasteiger partial charge in [-0.2, -0.15) is 0 Å². The van der Waals surface area contributed by atoms with Gasteiger partial charge in [0.2, 0.25) is 5.91 Å². The number of hydrogen-bond donors (Lipinski definition) is 1. The fraction of sp³-hybridized carbons (Fsp3) is 0.357. The summed E-state index contributed by atoms with van der Waals surface area (Å²) in [5, 5.41) is 5.14. The maximum Gasteiger partial charge on any atom is 0.254 e. The Balaban J connectivity index is 1.60. The summed E-state index contributed by atoms with van der Waals surface area (Å²) in [5.74, 6) is 1.05. The van der Waals surface area contributed by atoms with Crippen molar-refractivity contribution in [1.29, 1.82) is 0 Å². The quantitative estimate of drug-likeness (QED) is 0.453. The second-order valence-corrected chi connectivity index (χ2v) is 10.1. The van der Waals surface area contributed by atoms with Gasteiger partial charge in [0, 0.05) is 23.5 Å². The third-order valence-electron chi connectivity index (χ3n) is 6.28. The van der Waals surface area contributed by atoms with Crippen molar-refractivity contribution >= 4 is 23.2 Å². The first-order valence-corrected chi connectivity index (χ1v) is 12.7. The zero-order valence-corrected chi connectivity index (χ0v) is 21.4. The van der Waals surface area contributed by atoms with E-state index < -0.39 is 5.92 Å². The number of nitrogens with zero attached hydrogens (tertiary/aromatic N) is 1. The molecule has 2 amide bonds. The van der Waals surface area contributed by atoms with Crippen LogP contribution in [0.4, 0.5) is 0 Å². The van der Waals surface area contributed by atoms with E-state index in [4.69, 9.17) is 9.47 Å². The van der Waals surface area contributed by atoms with Crippen LogP contribution in [0.3, 0.4) is 0 Å². The number of rotatable bonds is 9. The summed E-state index contributed by atoms with van der Waals surface area (Å²) in [5.41, 5.74) is 2.44. The van der Waals surface area contributed by atoms with Crippen LogP contribution in [-0.2, 0) is 11.2 Å². The Morgan fingerprint density at radius 3 is 2.51 bits per heavy atom. The van der Waals surface area contributed by atoms with Crippen molar-refractivity contribution in [3.63, 3.8) is 0 Å². The molecule has 184 valence electrons. The van der Waals surface area contributed by atoms with Gasteiger partial charge in [-0.05, 0) is 53.1 Å². The fourth-order valence-corrected chi connectivity index (χ4v) is 5.60. The summed E-state index contributed by atoms with van der Waals surface area (Å²) in [7, 11) is 3.22. The Morgan fingerprint density at radius 2 is 1.83 bits per heavy atom. The molecule has 2 aromatic carbocycles. The molecule has 35 heavy (non-hydrogen) atoms. The Kier molecular flexibility index (Phi) is 7.76. The molecule has 2 atom stereocenters. The van der Waals surface area contributed by atoms with Crippen LogP contribution in [0.1, 0.15) is 52.2 Å². The highest BCUT2D eigenvalue weighted by molar-refractivity contribution is 7.10. The van der Waals surface area contributed by atoms with Gasteiger partial charge in [-0.3, -0.25) is 9.59 Å². The van der Waals surface area contributed by atoms with Crippen molar-refractivity contribution in [2.75, 3.05) is 27.3 Å². The van der Waals surface area contributed by atoms with Crippen molar-refractivity contribution < 1.29 is 19.1 Å². The van der Waals surface area contributed by atoms with Crippen molar-refractivity contribution in [2.24, 2.45) is 5.92 Å². The summed E-state index contributed by atoms with van der Waals surface area (Å²) in [6.07, 6.45) is 0.652. The molecular weight excluding hydrogens is 460 g/mol. The molecule has 0 radical (unpaired) electrons. The predicted octanol–water partition coefficient (Wildman–Crippen LogP) is 5.06. The van der Waals surface area contributed by atoms with Crippen LogP contribution in [0.2, 0.25) is 0 Å². The van der Waals surface area contributed by atoms with Gasteiger partial charge < -0.3 is 19.7 Å². The van der Waals surface area contributed by atoms with Crippen molar-refractivity contribution in [2.45, 2.75) is 32.2 Å². The number of ether oxygens (including phenoxy) is 2. The first-order valence-electron chi connectivity index (χ1n) is 11.9. The minimum atomic E-state index is -0.480. The number of carbonyl (C=O) groups is 2. The second-order valence-electron chi connectivity index (χ2n) is 9.11. The van der Waals surface area contributed by atoms with Crippen molar-refractivity contribution in [1.82, 2.24) is 10.2 Å². The summed E-state index contributed by atoms with van der Waals surface area (Å²) in [6, 6.07) is 17.0. The van der Waals surface area contributed by atoms with Gasteiger partial charge >= 0.3 is 0 Å². The summed E-state index contributed by atoms with van der Waals surface area (Å²) < 4.78 is 10.7. The molecule has 0 unspecified atom stereocenters. The Bertz CT molecular complexity index is 1180. The van der Waals surface area contributed by atoms with Crippen LogP contribution in [0.25, 0.3) is 0 Å². The molecule has 1 N–H and O–H groups in total. The highest BCUT2D eigenvalue weighted by atomic mass is 32.1. The van der Waals surface area contributed by atoms with Gasteiger partial charge in [-0.25, -0.2) is 0 Å². The molecule has 0 fully saturated rings. The molecule has 0 bridgehead atoms. The minimum Gasteiger partial charge on any atom is -0.493 e. The van der Waals surface area contributed by atoms with Gasteiger partial charge in [-0.15, -0.1) is 11.3 Å². The lowest BCUT2D eigenvalue weighted by Crippen LogP contribution is -2.48. The highest BCUT2D eigenvalue weighted by Crippen LogP contribution is 2.44. The number of methoxy groups -OCH3 is 2. The van der Waals surface area contributed by atoms with E-state index in [9.17, 15) is 9.59 Å². The van der Waals surface area contributed by atoms with Gasteiger partial charge in [0.25, 0.3) is 5.91 Å². The number of benzene rings is 2. The van der Waals surface area contributed by atoms with Crippen LogP contribution in [-0.4, -0.2) is 44.0 Å².